The molecule has 0 spiro atoms. The van der Waals surface area contributed by atoms with Crippen molar-refractivity contribution in [2.24, 2.45) is 0 Å². The van der Waals surface area contributed by atoms with E-state index in [1.165, 1.54) is 0 Å². The molecule has 1 nitrogen and oxygen atoms in total. The van der Waals surface area contributed by atoms with Gasteiger partial charge in [-0.05, 0) is 0 Å². The molecule has 5 heavy (non-hydrogen) atoms. The van der Waals surface area contributed by atoms with Crippen molar-refractivity contribution in [3.63, 3.8) is 0 Å². The molecular weight excluding hydrogens is 180 g/mol. The second-order valence-corrected chi connectivity index (χ2v) is 1.06. The largest absolute Gasteiger partial charge is 0.373 e. The Kier molecular flexibility index (Phi) is 33.6. The molecule has 0 saturated carbocycles. The second-order valence-electron chi connectivity index (χ2n) is 0.118. The third-order valence-corrected chi connectivity index (χ3v) is 0. The van der Waals surface area contributed by atoms with Gasteiger partial charge in [0.05, 0.1) is 0 Å². The average Bonchev–Trinajstić information content (AvgIpc) is 1.37. The molecule has 5 heteroatoms. The Morgan fingerprint density at radius 2 is 2.00 bits per heavy atom. The first-order chi connectivity index (χ1) is 1.91. The molecule has 0 saturated heterocycles. The predicted molar refractivity (Wildman–Crippen MR) is 20.2 cm³/mol. The zero-order valence-corrected chi connectivity index (χ0v) is 7.33. The molecule has 0 rings (SSSR count). The SMILES string of the molecule is [3H]OPP.[V].[V]. The molecule has 0 bridgehead atoms. The maximum atomic E-state index is 5.94. The van der Waals surface area contributed by atoms with E-state index in [1.54, 1.807) is 0 Å². The van der Waals surface area contributed by atoms with E-state index in [0.717, 1.165) is 0 Å². The van der Waals surface area contributed by atoms with Crippen LogP contribution in [-0.4, -0.2) is 6.33 Å². The summed E-state index contributed by atoms with van der Waals surface area (Å²) in [5.41, 5.74) is 0. The van der Waals surface area contributed by atoms with Crippen molar-refractivity contribution in [3.8, 4) is 0 Å². The normalized spacial score (nSPS) is 8.60. The third kappa shape index (κ3) is 24.1. The van der Waals surface area contributed by atoms with Gasteiger partial charge in [0.25, 0.3) is 0 Å². The minimum absolute atomic E-state index is 0. The molecule has 0 amide bonds. The molecule has 2 unspecified atom stereocenters. The Labute approximate surface area is 60.9 Å². The summed E-state index contributed by atoms with van der Waals surface area (Å²) in [7, 11) is 2.50. The predicted octanol–water partition coefficient (Wildman–Crippen LogP) is 0.357. The first-order valence-electron chi connectivity index (χ1n) is 0.901. The molecule has 2 radical (unpaired) electrons. The minimum Gasteiger partial charge on any atom is -0.373 e. The zero-order chi connectivity index (χ0) is 3.41. The fourth-order valence-corrected chi connectivity index (χ4v) is 0. The van der Waals surface area contributed by atoms with Crippen LogP contribution in [0, 0.1) is 0 Å². The number of hydrogen-bond acceptors (Lipinski definition) is 1. The monoisotopic (exact) mass is 186 g/mol. The summed E-state index contributed by atoms with van der Waals surface area (Å²) in [6.07, 6.45) is 0. The standard InChI is InChI=1S/H4OP2.2V/c1-3-2;;/h1,3H,2H2;;/i1T;;. The molecule has 0 aliphatic carbocycles. The van der Waals surface area contributed by atoms with Crippen LogP contribution in [0.3, 0.4) is 0 Å². The molecule has 0 fully saturated rings. The Bertz CT molecular complexity index is 13.5. The molecule has 1 N–H and O–H groups in total. The molecule has 0 aromatic rings. The summed E-state index contributed by atoms with van der Waals surface area (Å²) in [6, 6.07) is 0. The summed E-state index contributed by atoms with van der Waals surface area (Å²) < 4.78 is 5.94. The van der Waals surface area contributed by atoms with Crippen LogP contribution in [0.15, 0.2) is 0 Å². The van der Waals surface area contributed by atoms with Gasteiger partial charge in [-0.2, -0.15) is 0 Å². The summed E-state index contributed by atoms with van der Waals surface area (Å²) in [6.45, 7) is 0. The fraction of sp³-hybridized carbons (Fsp3) is 0. The van der Waals surface area contributed by atoms with Crippen molar-refractivity contribution in [2.45, 2.75) is 0 Å². The van der Waals surface area contributed by atoms with Gasteiger partial charge in [0.15, 0.2) is 0 Å². The van der Waals surface area contributed by atoms with Gasteiger partial charge in [-0.15, -0.1) is 0 Å². The van der Waals surface area contributed by atoms with E-state index >= 15 is 0 Å². The summed E-state index contributed by atoms with van der Waals surface area (Å²) in [5.74, 6) is 0. The Morgan fingerprint density at radius 3 is 2.00 bits per heavy atom. The topological polar surface area (TPSA) is 20.2 Å². The summed E-state index contributed by atoms with van der Waals surface area (Å²) in [4.78, 5) is 3.78. The van der Waals surface area contributed by atoms with Crippen LogP contribution in [0.5, 0.6) is 0 Å². The smallest absolute Gasteiger partial charge is 0.215 e. The van der Waals surface area contributed by atoms with E-state index in [0.29, 0.717) is 0 Å². The molecule has 30 valence electrons. The maximum absolute atomic E-state index is 5.94. The van der Waals surface area contributed by atoms with Crippen LogP contribution in [0.25, 0.3) is 0 Å². The molecule has 0 aromatic carbocycles. The maximum Gasteiger partial charge on any atom is 0.215 e. The number of rotatable bonds is 1. The van der Waals surface area contributed by atoms with E-state index < -0.39 is 0 Å². The summed E-state index contributed by atoms with van der Waals surface area (Å²) in [5, 5.41) is 0. The molecular formula is H4OP2V2. The third-order valence-electron chi connectivity index (χ3n) is 0. The first-order valence-corrected chi connectivity index (χ1v) is 3.21. The van der Waals surface area contributed by atoms with Crippen molar-refractivity contribution in [2.75, 3.05) is 0 Å². The van der Waals surface area contributed by atoms with Crippen molar-refractivity contribution in [1.82, 2.24) is 0 Å². The van der Waals surface area contributed by atoms with E-state index in [9.17, 15) is 0 Å². The van der Waals surface area contributed by atoms with E-state index in [-0.39, 0.29) is 45.6 Å². The van der Waals surface area contributed by atoms with Crippen LogP contribution in [0.2, 0.25) is 0 Å². The molecule has 2 atom stereocenters. The molecule has 0 aliphatic rings. The Hall–Kier alpha value is 1.99. The zero-order valence-electron chi connectivity index (χ0n) is 3.38. The van der Waals surface area contributed by atoms with Crippen molar-refractivity contribution in [3.05, 3.63) is 0 Å². The molecule has 0 heterocycles. The van der Waals surface area contributed by atoms with Crippen LogP contribution in [-0.2, 0) is 37.1 Å². The van der Waals surface area contributed by atoms with E-state index in [4.69, 9.17) is 1.43 Å². The van der Waals surface area contributed by atoms with Gasteiger partial charge >= 0.3 is 0 Å². The van der Waals surface area contributed by atoms with E-state index in [1.807, 2.05) is 0 Å². The van der Waals surface area contributed by atoms with Gasteiger partial charge in [0, 0.05) is 45.6 Å². The minimum atomic E-state index is 0. The van der Waals surface area contributed by atoms with E-state index in [2.05, 4.69) is 13.8 Å². The van der Waals surface area contributed by atoms with Gasteiger partial charge in [0.2, 0.25) is 1.43 Å². The van der Waals surface area contributed by atoms with Crippen LogP contribution >= 0.6 is 17.4 Å². The number of hydrogen-bond donors (Lipinski definition) is 1. The Morgan fingerprint density at radius 1 is 1.80 bits per heavy atom. The van der Waals surface area contributed by atoms with Gasteiger partial charge in [0.1, 0.15) is 0 Å². The van der Waals surface area contributed by atoms with Crippen molar-refractivity contribution in [1.29, 1.82) is 1.43 Å². The molecule has 0 aliphatic heterocycles. The van der Waals surface area contributed by atoms with Gasteiger partial charge < -0.3 is 4.90 Å². The first kappa shape index (κ1) is 10.1. The fourth-order valence-electron chi connectivity index (χ4n) is 0. The van der Waals surface area contributed by atoms with Gasteiger partial charge in [-0.3, -0.25) is 0 Å². The van der Waals surface area contributed by atoms with Crippen molar-refractivity contribution >= 4 is 17.4 Å². The van der Waals surface area contributed by atoms with Crippen LogP contribution in [0.4, 0.5) is 0 Å². The average molecular weight is 186 g/mol. The van der Waals surface area contributed by atoms with Crippen molar-refractivity contribution < 1.29 is 42.0 Å². The second kappa shape index (κ2) is 16.7. The Balaban J connectivity index is -0.0000000450. The van der Waals surface area contributed by atoms with Crippen LogP contribution < -0.4 is 0 Å². The van der Waals surface area contributed by atoms with Gasteiger partial charge in [-0.1, -0.05) is 8.93 Å². The molecule has 0 aromatic heterocycles. The van der Waals surface area contributed by atoms with Gasteiger partial charge in [-0.25, -0.2) is 0 Å². The quantitative estimate of drug-likeness (QED) is 0.586. The van der Waals surface area contributed by atoms with Crippen LogP contribution in [0.1, 0.15) is 0 Å². The summed E-state index contributed by atoms with van der Waals surface area (Å²) >= 11 is 0.